The number of carbonyl (C=O) groups is 1. The van der Waals surface area contributed by atoms with Crippen LogP contribution in [0.3, 0.4) is 0 Å². The molecule has 0 bridgehead atoms. The van der Waals surface area contributed by atoms with Crippen LogP contribution in [-0.2, 0) is 11.2 Å². The Morgan fingerprint density at radius 2 is 1.85 bits per heavy atom. The summed E-state index contributed by atoms with van der Waals surface area (Å²) in [5.74, 6) is 0.606. The molecular weight excluding hydrogens is 431 g/mol. The summed E-state index contributed by atoms with van der Waals surface area (Å²) in [4.78, 5) is 20.6. The van der Waals surface area contributed by atoms with Crippen molar-refractivity contribution in [2.45, 2.75) is 31.7 Å². The van der Waals surface area contributed by atoms with Gasteiger partial charge in [-0.05, 0) is 68.2 Å². The fourth-order valence-electron chi connectivity index (χ4n) is 5.74. The van der Waals surface area contributed by atoms with Gasteiger partial charge < -0.3 is 24.8 Å². The van der Waals surface area contributed by atoms with Gasteiger partial charge in [0.2, 0.25) is 5.91 Å². The van der Waals surface area contributed by atoms with Crippen LogP contribution in [0.5, 0.6) is 5.75 Å². The monoisotopic (exact) mass is 466 g/mol. The molecule has 2 unspecified atom stereocenters. The van der Waals surface area contributed by atoms with E-state index in [9.17, 15) is 9.18 Å². The highest BCUT2D eigenvalue weighted by Gasteiger charge is 2.41. The second kappa shape index (κ2) is 10.2. The average Bonchev–Trinajstić information content (AvgIpc) is 2.88. The van der Waals surface area contributed by atoms with E-state index >= 15 is 0 Å². The lowest BCUT2D eigenvalue weighted by molar-refractivity contribution is -0.125. The van der Waals surface area contributed by atoms with Gasteiger partial charge in [-0.3, -0.25) is 4.79 Å². The maximum atomic E-state index is 13.5. The number of hydrogen-bond donors (Lipinski definition) is 1. The van der Waals surface area contributed by atoms with Crippen molar-refractivity contribution < 1.29 is 13.9 Å². The van der Waals surface area contributed by atoms with E-state index in [-0.39, 0.29) is 23.7 Å². The summed E-state index contributed by atoms with van der Waals surface area (Å²) in [6, 6.07) is 12.9. The molecule has 0 aliphatic carbocycles. The highest BCUT2D eigenvalue weighted by molar-refractivity contribution is 5.82. The summed E-state index contributed by atoms with van der Waals surface area (Å²) in [6.07, 6.45) is 4.55. The zero-order valence-electron chi connectivity index (χ0n) is 20.0. The molecule has 1 N–H and O–H groups in total. The zero-order chi connectivity index (χ0) is 23.5. The van der Waals surface area contributed by atoms with E-state index < -0.39 is 0 Å². The van der Waals surface area contributed by atoms with Gasteiger partial charge >= 0.3 is 0 Å². The number of nitrogens with zero attached hydrogens (tertiary/aromatic N) is 3. The van der Waals surface area contributed by atoms with Crippen LogP contribution < -0.4 is 19.9 Å². The molecule has 2 saturated heterocycles. The molecule has 3 heterocycles. The molecule has 6 nitrogen and oxygen atoms in total. The number of hydrogen-bond acceptors (Lipinski definition) is 5. The second-order valence-electron chi connectivity index (χ2n) is 9.68. The lowest BCUT2D eigenvalue weighted by Gasteiger charge is -2.49. The number of fused-ring (bicyclic) bond motifs is 3. The Kier molecular flexibility index (Phi) is 6.90. The van der Waals surface area contributed by atoms with Gasteiger partial charge in [-0.2, -0.15) is 0 Å². The van der Waals surface area contributed by atoms with E-state index in [4.69, 9.17) is 4.74 Å². The molecule has 2 atom stereocenters. The lowest BCUT2D eigenvalue weighted by Crippen LogP contribution is -2.61. The normalized spacial score (nSPS) is 22.6. The van der Waals surface area contributed by atoms with Gasteiger partial charge in [-0.15, -0.1) is 0 Å². The van der Waals surface area contributed by atoms with Crippen LogP contribution in [0, 0.1) is 11.7 Å². The summed E-state index contributed by atoms with van der Waals surface area (Å²) >= 11 is 0. The van der Waals surface area contributed by atoms with Crippen LogP contribution >= 0.6 is 0 Å². The Hall–Kier alpha value is -2.80. The predicted octanol–water partition coefficient (Wildman–Crippen LogP) is 3.30. The standard InChI is InChI=1S/C27H35FN4O2/c1-34-23-10-5-20-17-24(27(33)29-11-14-30-12-3-2-4-13-30)26-19-31(15-16-32(26)25(20)18-23)22-8-6-21(28)7-9-22/h5-10,18,24,26H,2-4,11-17,19H2,1H3,(H,29,33). The maximum absolute atomic E-state index is 13.5. The van der Waals surface area contributed by atoms with Crippen LogP contribution in [0.15, 0.2) is 42.5 Å². The topological polar surface area (TPSA) is 48.1 Å². The first-order valence-electron chi connectivity index (χ1n) is 12.6. The van der Waals surface area contributed by atoms with Gasteiger partial charge in [0.05, 0.1) is 19.1 Å². The second-order valence-corrected chi connectivity index (χ2v) is 9.68. The summed E-state index contributed by atoms with van der Waals surface area (Å²) in [7, 11) is 1.69. The smallest absolute Gasteiger partial charge is 0.225 e. The first kappa shape index (κ1) is 23.0. The molecule has 34 heavy (non-hydrogen) atoms. The Balaban J connectivity index is 1.34. The van der Waals surface area contributed by atoms with Gasteiger partial charge in [0.1, 0.15) is 11.6 Å². The number of rotatable bonds is 6. The Morgan fingerprint density at radius 3 is 2.62 bits per heavy atom. The molecule has 0 aromatic heterocycles. The first-order chi connectivity index (χ1) is 16.6. The molecule has 182 valence electrons. The SMILES string of the molecule is COc1ccc2c(c1)N1CCN(c3ccc(F)cc3)CC1C(C(=O)NCCN1CCCCC1)C2. The summed E-state index contributed by atoms with van der Waals surface area (Å²) < 4.78 is 19.0. The molecule has 2 fully saturated rings. The number of likely N-dealkylation sites (tertiary alicyclic amines) is 1. The van der Waals surface area contributed by atoms with Crippen molar-refractivity contribution in [2.24, 2.45) is 5.92 Å². The highest BCUT2D eigenvalue weighted by Crippen LogP contribution is 2.39. The highest BCUT2D eigenvalue weighted by atomic mass is 19.1. The Morgan fingerprint density at radius 1 is 1.06 bits per heavy atom. The van der Waals surface area contributed by atoms with Gasteiger partial charge in [0.15, 0.2) is 0 Å². The third kappa shape index (κ3) is 4.85. The zero-order valence-corrected chi connectivity index (χ0v) is 20.0. The maximum Gasteiger partial charge on any atom is 0.225 e. The molecule has 7 heteroatoms. The van der Waals surface area contributed by atoms with Crippen molar-refractivity contribution in [1.29, 1.82) is 0 Å². The molecule has 2 aromatic carbocycles. The van der Waals surface area contributed by atoms with Crippen molar-refractivity contribution in [2.75, 3.05) is 62.7 Å². The molecule has 1 amide bonds. The summed E-state index contributed by atoms with van der Waals surface area (Å²) in [6.45, 7) is 6.24. The van der Waals surface area contributed by atoms with Crippen LogP contribution in [0.1, 0.15) is 24.8 Å². The molecule has 0 spiro atoms. The molecule has 0 radical (unpaired) electrons. The third-order valence-corrected chi connectivity index (χ3v) is 7.63. The number of anilines is 2. The number of methoxy groups -OCH3 is 1. The Labute approximate surface area is 201 Å². The summed E-state index contributed by atoms with van der Waals surface area (Å²) in [5, 5.41) is 3.25. The van der Waals surface area contributed by atoms with Gasteiger partial charge in [-0.25, -0.2) is 4.39 Å². The molecule has 0 saturated carbocycles. The predicted molar refractivity (Wildman–Crippen MR) is 133 cm³/mol. The van der Waals surface area contributed by atoms with Crippen molar-refractivity contribution in [3.05, 3.63) is 53.8 Å². The molecular formula is C27H35FN4O2. The van der Waals surface area contributed by atoms with Crippen molar-refractivity contribution in [3.8, 4) is 5.75 Å². The molecule has 2 aromatic rings. The number of benzene rings is 2. The molecule has 3 aliphatic heterocycles. The lowest BCUT2D eigenvalue weighted by atomic mass is 9.83. The van der Waals surface area contributed by atoms with E-state index in [1.54, 1.807) is 7.11 Å². The minimum atomic E-state index is -0.230. The van der Waals surface area contributed by atoms with Crippen molar-refractivity contribution >= 4 is 17.3 Å². The molecule has 5 rings (SSSR count). The van der Waals surface area contributed by atoms with Crippen LogP contribution in [0.25, 0.3) is 0 Å². The van der Waals surface area contributed by atoms with E-state index in [1.165, 1.54) is 42.6 Å². The quantitative estimate of drug-likeness (QED) is 0.708. The number of ether oxygens (including phenoxy) is 1. The van der Waals surface area contributed by atoms with E-state index in [1.807, 2.05) is 18.2 Å². The van der Waals surface area contributed by atoms with E-state index in [2.05, 4.69) is 32.1 Å². The minimum Gasteiger partial charge on any atom is -0.497 e. The van der Waals surface area contributed by atoms with Gasteiger partial charge in [0.25, 0.3) is 0 Å². The van der Waals surface area contributed by atoms with Crippen molar-refractivity contribution in [3.63, 3.8) is 0 Å². The fraction of sp³-hybridized carbons (Fsp3) is 0.519. The third-order valence-electron chi connectivity index (χ3n) is 7.63. The van der Waals surface area contributed by atoms with Crippen LogP contribution in [-0.4, -0.2) is 69.8 Å². The number of halogens is 1. The largest absolute Gasteiger partial charge is 0.497 e. The Bertz CT molecular complexity index is 993. The fourth-order valence-corrected chi connectivity index (χ4v) is 5.74. The van der Waals surface area contributed by atoms with Gasteiger partial charge in [-0.1, -0.05) is 12.5 Å². The van der Waals surface area contributed by atoms with Gasteiger partial charge in [0, 0.05) is 50.2 Å². The number of amides is 1. The summed E-state index contributed by atoms with van der Waals surface area (Å²) in [5.41, 5.74) is 3.37. The number of carbonyl (C=O) groups excluding carboxylic acids is 1. The van der Waals surface area contributed by atoms with E-state index in [0.29, 0.717) is 13.0 Å². The number of nitrogens with one attached hydrogen (secondary N) is 1. The number of piperazine rings is 1. The van der Waals surface area contributed by atoms with Crippen molar-refractivity contribution in [1.82, 2.24) is 10.2 Å². The van der Waals surface area contributed by atoms with E-state index in [0.717, 1.165) is 50.7 Å². The number of piperidine rings is 1. The molecule has 3 aliphatic rings. The first-order valence-corrected chi connectivity index (χ1v) is 12.6. The minimum absolute atomic E-state index is 0.0494. The average molecular weight is 467 g/mol. The van der Waals surface area contributed by atoms with Crippen LogP contribution in [0.4, 0.5) is 15.8 Å². The van der Waals surface area contributed by atoms with Crippen LogP contribution in [0.2, 0.25) is 0 Å².